The maximum atomic E-state index is 5.67. The second kappa shape index (κ2) is 8.33. The molecule has 2 heterocycles. The van der Waals surface area contributed by atoms with Crippen molar-refractivity contribution in [3.63, 3.8) is 0 Å². The monoisotopic (exact) mass is 402 g/mol. The van der Waals surface area contributed by atoms with E-state index < -0.39 is 0 Å². The maximum absolute atomic E-state index is 5.67. The molecule has 0 bridgehead atoms. The molecule has 0 spiro atoms. The zero-order valence-electron chi connectivity index (χ0n) is 16.7. The molecular weight excluding hydrogens is 376 g/mol. The van der Waals surface area contributed by atoms with Gasteiger partial charge in [0.2, 0.25) is 5.75 Å². The van der Waals surface area contributed by atoms with Crippen molar-refractivity contribution in [3.05, 3.63) is 52.7 Å². The molecule has 1 atom stereocenters. The number of benzene rings is 2. The molecular formula is C22H27ClN2O3. The van der Waals surface area contributed by atoms with Gasteiger partial charge in [0.1, 0.15) is 0 Å². The van der Waals surface area contributed by atoms with Crippen LogP contribution in [0.15, 0.2) is 30.3 Å². The van der Waals surface area contributed by atoms with E-state index in [1.165, 1.54) is 27.7 Å². The fraction of sp³-hybridized carbons (Fsp3) is 0.364. The smallest absolute Gasteiger partial charge is 0.203 e. The molecule has 5 nitrogen and oxygen atoms in total. The number of aromatic amines is 1. The highest BCUT2D eigenvalue weighted by Crippen LogP contribution is 2.42. The molecule has 2 N–H and O–H groups in total. The lowest BCUT2D eigenvalue weighted by atomic mass is 9.94. The van der Waals surface area contributed by atoms with E-state index in [2.05, 4.69) is 41.5 Å². The number of nitrogens with one attached hydrogen (secondary N) is 2. The van der Waals surface area contributed by atoms with Gasteiger partial charge in [-0.25, -0.2) is 0 Å². The van der Waals surface area contributed by atoms with Crippen molar-refractivity contribution in [1.82, 2.24) is 10.3 Å². The first-order valence-corrected chi connectivity index (χ1v) is 9.28. The third-order valence-electron chi connectivity index (χ3n) is 5.42. The average molecular weight is 403 g/mol. The van der Waals surface area contributed by atoms with Crippen molar-refractivity contribution in [2.24, 2.45) is 0 Å². The number of aromatic nitrogens is 1. The lowest BCUT2D eigenvalue weighted by molar-refractivity contribution is 0.321. The molecule has 4 rings (SSSR count). The number of rotatable bonds is 5. The number of halogens is 1. The van der Waals surface area contributed by atoms with Gasteiger partial charge in [0.15, 0.2) is 11.5 Å². The van der Waals surface area contributed by atoms with E-state index in [0.29, 0.717) is 11.5 Å². The van der Waals surface area contributed by atoms with Crippen LogP contribution in [-0.4, -0.2) is 32.9 Å². The number of methoxy groups -OCH3 is 3. The molecule has 150 valence electrons. The maximum Gasteiger partial charge on any atom is 0.203 e. The van der Waals surface area contributed by atoms with Gasteiger partial charge in [-0.2, -0.15) is 0 Å². The largest absolute Gasteiger partial charge is 0.493 e. The van der Waals surface area contributed by atoms with Crippen LogP contribution in [0.4, 0.5) is 0 Å². The lowest BCUT2D eigenvalue weighted by Gasteiger charge is -2.26. The molecule has 0 saturated carbocycles. The van der Waals surface area contributed by atoms with E-state index in [4.69, 9.17) is 14.2 Å². The zero-order chi connectivity index (χ0) is 19.0. The lowest BCUT2D eigenvalue weighted by Crippen LogP contribution is -2.31. The Labute approximate surface area is 171 Å². The van der Waals surface area contributed by atoms with Gasteiger partial charge in [-0.15, -0.1) is 12.4 Å². The summed E-state index contributed by atoms with van der Waals surface area (Å²) in [5.74, 6) is 2.05. The Morgan fingerprint density at radius 1 is 1.00 bits per heavy atom. The average Bonchev–Trinajstić information content (AvgIpc) is 3.06. The van der Waals surface area contributed by atoms with Gasteiger partial charge in [-0.1, -0.05) is 17.7 Å². The molecule has 0 fully saturated rings. The molecule has 3 aromatic rings. The molecule has 6 heteroatoms. The van der Waals surface area contributed by atoms with Gasteiger partial charge in [0.05, 0.1) is 27.4 Å². The standard InChI is InChI=1S/C22H26N2O3.ClH/c1-13-5-7-17-16(11-13)15-9-10-23-18(20(15)24-17)12-14-6-8-19(25-2)22(27-4)21(14)26-3;/h5-8,11,18,23-24H,9-10,12H2,1-4H3;1H. The highest BCUT2D eigenvalue weighted by Gasteiger charge is 2.26. The van der Waals surface area contributed by atoms with E-state index >= 15 is 0 Å². The molecule has 0 amide bonds. The van der Waals surface area contributed by atoms with E-state index in [9.17, 15) is 0 Å². The van der Waals surface area contributed by atoms with Crippen molar-refractivity contribution in [2.75, 3.05) is 27.9 Å². The van der Waals surface area contributed by atoms with Crippen LogP contribution in [0.2, 0.25) is 0 Å². The topological polar surface area (TPSA) is 55.5 Å². The fourth-order valence-corrected chi connectivity index (χ4v) is 4.14. The van der Waals surface area contributed by atoms with E-state index in [1.807, 2.05) is 6.07 Å². The fourth-order valence-electron chi connectivity index (χ4n) is 4.14. The van der Waals surface area contributed by atoms with Gasteiger partial charge in [0, 0.05) is 22.2 Å². The summed E-state index contributed by atoms with van der Waals surface area (Å²) in [5.41, 5.74) is 6.30. The summed E-state index contributed by atoms with van der Waals surface area (Å²) in [6.45, 7) is 3.11. The van der Waals surface area contributed by atoms with E-state index in [0.717, 1.165) is 30.7 Å². The van der Waals surface area contributed by atoms with E-state index in [-0.39, 0.29) is 18.4 Å². The van der Waals surface area contributed by atoms with Crippen molar-refractivity contribution in [2.45, 2.75) is 25.8 Å². The van der Waals surface area contributed by atoms with Crippen LogP contribution < -0.4 is 19.5 Å². The number of hydrogen-bond acceptors (Lipinski definition) is 4. The third kappa shape index (κ3) is 3.40. The summed E-state index contributed by atoms with van der Waals surface area (Å²) in [6, 6.07) is 10.8. The molecule has 28 heavy (non-hydrogen) atoms. The summed E-state index contributed by atoms with van der Waals surface area (Å²) in [5, 5.41) is 5.00. The van der Waals surface area contributed by atoms with Gasteiger partial charge in [-0.05, 0) is 50.1 Å². The molecule has 1 aliphatic heterocycles. The van der Waals surface area contributed by atoms with Crippen molar-refractivity contribution < 1.29 is 14.2 Å². The summed E-state index contributed by atoms with van der Waals surface area (Å²) in [4.78, 5) is 3.64. The second-order valence-corrected chi connectivity index (χ2v) is 7.02. The van der Waals surface area contributed by atoms with Crippen LogP contribution in [0, 0.1) is 6.92 Å². The predicted octanol–water partition coefficient (Wildman–Crippen LogP) is 4.35. The number of H-pyrrole nitrogens is 1. The molecule has 1 aliphatic rings. The van der Waals surface area contributed by atoms with Gasteiger partial charge >= 0.3 is 0 Å². The molecule has 0 aliphatic carbocycles. The minimum absolute atomic E-state index is 0. The zero-order valence-corrected chi connectivity index (χ0v) is 17.5. The first kappa shape index (κ1) is 20.4. The second-order valence-electron chi connectivity index (χ2n) is 7.02. The van der Waals surface area contributed by atoms with Gasteiger partial charge < -0.3 is 24.5 Å². The SMILES string of the molecule is COc1ccc(CC2NCCc3c2[nH]c2ccc(C)cc32)c(OC)c1OC.Cl. The molecule has 0 saturated heterocycles. The van der Waals surface area contributed by atoms with Gasteiger partial charge in [0.25, 0.3) is 0 Å². The number of hydrogen-bond donors (Lipinski definition) is 2. The van der Waals surface area contributed by atoms with Crippen molar-refractivity contribution >= 4 is 23.3 Å². The highest BCUT2D eigenvalue weighted by molar-refractivity contribution is 5.86. The van der Waals surface area contributed by atoms with Crippen LogP contribution in [0.5, 0.6) is 17.2 Å². The Hall–Kier alpha value is -2.37. The molecule has 2 aromatic carbocycles. The Morgan fingerprint density at radius 3 is 2.50 bits per heavy atom. The predicted molar refractivity (Wildman–Crippen MR) is 115 cm³/mol. The number of ether oxygens (including phenoxy) is 3. The van der Waals surface area contributed by atoms with Crippen LogP contribution in [0.1, 0.15) is 28.4 Å². The quantitative estimate of drug-likeness (QED) is 0.666. The Balaban J connectivity index is 0.00000225. The van der Waals surface area contributed by atoms with E-state index in [1.54, 1.807) is 21.3 Å². The summed E-state index contributed by atoms with van der Waals surface area (Å²) in [7, 11) is 4.95. The van der Waals surface area contributed by atoms with Crippen LogP contribution in [0.25, 0.3) is 10.9 Å². The Morgan fingerprint density at radius 2 is 1.79 bits per heavy atom. The van der Waals surface area contributed by atoms with Crippen LogP contribution in [-0.2, 0) is 12.8 Å². The minimum atomic E-state index is 0. The van der Waals surface area contributed by atoms with Crippen LogP contribution >= 0.6 is 12.4 Å². The first-order valence-electron chi connectivity index (χ1n) is 9.28. The third-order valence-corrected chi connectivity index (χ3v) is 5.42. The molecule has 1 unspecified atom stereocenters. The van der Waals surface area contributed by atoms with Crippen LogP contribution in [0.3, 0.4) is 0 Å². The highest BCUT2D eigenvalue weighted by atomic mass is 35.5. The summed E-state index contributed by atoms with van der Waals surface area (Å²) >= 11 is 0. The number of aryl methyl sites for hydroxylation is 1. The van der Waals surface area contributed by atoms with Crippen molar-refractivity contribution in [3.8, 4) is 17.2 Å². The normalized spacial score (nSPS) is 15.6. The molecule has 1 aromatic heterocycles. The van der Waals surface area contributed by atoms with Gasteiger partial charge in [-0.3, -0.25) is 0 Å². The first-order chi connectivity index (χ1) is 13.2. The summed E-state index contributed by atoms with van der Waals surface area (Å²) < 4.78 is 16.6. The minimum Gasteiger partial charge on any atom is -0.493 e. The Kier molecular flexibility index (Phi) is 6.06. The Bertz CT molecular complexity index is 984. The summed E-state index contributed by atoms with van der Waals surface area (Å²) in [6.07, 6.45) is 1.85. The number of fused-ring (bicyclic) bond motifs is 3. The molecule has 0 radical (unpaired) electrons. The van der Waals surface area contributed by atoms with Crippen molar-refractivity contribution in [1.29, 1.82) is 0 Å².